The van der Waals surface area contributed by atoms with E-state index in [4.69, 9.17) is 11.6 Å². The molecule has 0 bridgehead atoms. The average Bonchev–Trinajstić information content (AvgIpc) is 2.75. The normalized spacial score (nSPS) is 11.0. The van der Waals surface area contributed by atoms with E-state index in [1.54, 1.807) is 31.3 Å². The molecule has 0 saturated carbocycles. The van der Waals surface area contributed by atoms with Gasteiger partial charge in [-0.25, -0.2) is 0 Å². The summed E-state index contributed by atoms with van der Waals surface area (Å²) in [5.41, 5.74) is 0.781. The Bertz CT molecular complexity index is 997. The maximum absolute atomic E-state index is 12.4. The second kappa shape index (κ2) is 5.31. The molecule has 0 aliphatic rings. The Morgan fingerprint density at radius 2 is 2.05 bits per heavy atom. The number of hydrogen-bond donors (Lipinski definition) is 1. The molecule has 1 N–H and O–H groups in total. The molecule has 0 fully saturated rings. The van der Waals surface area contributed by atoms with Crippen LogP contribution in [0.25, 0.3) is 22.2 Å². The van der Waals surface area contributed by atoms with Crippen LogP contribution in [0.15, 0.2) is 39.9 Å². The van der Waals surface area contributed by atoms with E-state index in [1.165, 1.54) is 15.3 Å². The lowest BCUT2D eigenvalue weighted by Gasteiger charge is -2.11. The van der Waals surface area contributed by atoms with Gasteiger partial charge < -0.3 is 9.36 Å². The molecular formula is C15H12ClN3O3. The second-order valence-electron chi connectivity index (χ2n) is 4.88. The maximum Gasteiger partial charge on any atom is 0.276 e. The number of hydrogen-bond acceptors (Lipinski definition) is 3. The lowest BCUT2D eigenvalue weighted by molar-refractivity contribution is -0.108. The van der Waals surface area contributed by atoms with Crippen molar-refractivity contribution < 1.29 is 4.79 Å². The molecule has 0 amide bonds. The van der Waals surface area contributed by atoms with Crippen LogP contribution < -0.4 is 11.1 Å². The molecule has 0 aliphatic heterocycles. The minimum atomic E-state index is -0.364. The van der Waals surface area contributed by atoms with Crippen LogP contribution in [0.3, 0.4) is 0 Å². The molecule has 7 heteroatoms. The van der Waals surface area contributed by atoms with Gasteiger partial charge in [0.2, 0.25) is 0 Å². The maximum atomic E-state index is 12.4. The summed E-state index contributed by atoms with van der Waals surface area (Å²) in [5, 5.41) is 3.66. The molecule has 0 radical (unpaired) electrons. The number of rotatable bonds is 3. The second-order valence-corrected chi connectivity index (χ2v) is 5.32. The van der Waals surface area contributed by atoms with Crippen molar-refractivity contribution in [3.8, 4) is 11.3 Å². The lowest BCUT2D eigenvalue weighted by Crippen LogP contribution is -2.23. The van der Waals surface area contributed by atoms with Crippen molar-refractivity contribution in [1.82, 2.24) is 14.3 Å². The lowest BCUT2D eigenvalue weighted by atomic mass is 10.1. The Morgan fingerprint density at radius 3 is 2.73 bits per heavy atom. The number of aromatic amines is 1. The largest absolute Gasteiger partial charge is 0.301 e. The summed E-state index contributed by atoms with van der Waals surface area (Å²) in [7, 11) is 1.57. The monoisotopic (exact) mass is 317 g/mol. The number of aldehydes is 1. The molecule has 3 aromatic rings. The van der Waals surface area contributed by atoms with Crippen LogP contribution >= 0.6 is 11.6 Å². The number of aromatic nitrogens is 3. The highest BCUT2D eigenvalue weighted by Gasteiger charge is 2.17. The molecule has 3 rings (SSSR count). The van der Waals surface area contributed by atoms with Crippen LogP contribution in [0.2, 0.25) is 5.02 Å². The SMILES string of the molecule is Cn1[nH]c2cc(=O)n(CC=O)c(-c3cccc(Cl)c3)c2c1=O. The van der Waals surface area contributed by atoms with Crippen LogP contribution in [0, 0.1) is 0 Å². The fraction of sp³-hybridized carbons (Fsp3) is 0.133. The molecule has 0 unspecified atom stereocenters. The van der Waals surface area contributed by atoms with Crippen LogP contribution in [-0.2, 0) is 18.4 Å². The molecule has 6 nitrogen and oxygen atoms in total. The summed E-state index contributed by atoms with van der Waals surface area (Å²) in [6.45, 7) is -0.134. The molecule has 112 valence electrons. The van der Waals surface area contributed by atoms with Crippen LogP contribution in [0.5, 0.6) is 0 Å². The van der Waals surface area contributed by atoms with Crippen LogP contribution in [-0.4, -0.2) is 20.6 Å². The molecule has 0 atom stereocenters. The minimum absolute atomic E-state index is 0.134. The third-order valence-electron chi connectivity index (χ3n) is 3.47. The first kappa shape index (κ1) is 14.3. The quantitative estimate of drug-likeness (QED) is 0.745. The number of H-pyrrole nitrogens is 1. The first-order valence-electron chi connectivity index (χ1n) is 6.55. The third-order valence-corrected chi connectivity index (χ3v) is 3.71. The Kier molecular flexibility index (Phi) is 3.46. The van der Waals surface area contributed by atoms with Crippen LogP contribution in [0.4, 0.5) is 0 Å². The van der Waals surface area contributed by atoms with Crippen molar-refractivity contribution in [1.29, 1.82) is 0 Å². The van der Waals surface area contributed by atoms with Crippen molar-refractivity contribution in [2.24, 2.45) is 7.05 Å². The molecule has 22 heavy (non-hydrogen) atoms. The first-order valence-corrected chi connectivity index (χ1v) is 6.93. The number of nitrogens with one attached hydrogen (secondary N) is 1. The van der Waals surface area contributed by atoms with E-state index in [-0.39, 0.29) is 17.7 Å². The first-order chi connectivity index (χ1) is 10.5. The topological polar surface area (TPSA) is 76.9 Å². The van der Waals surface area contributed by atoms with E-state index < -0.39 is 0 Å². The Balaban J connectivity index is 2.53. The van der Waals surface area contributed by atoms with Crippen molar-refractivity contribution >= 4 is 28.8 Å². The molecule has 2 heterocycles. The minimum Gasteiger partial charge on any atom is -0.301 e. The molecule has 0 saturated heterocycles. The predicted octanol–water partition coefficient (Wildman–Crippen LogP) is 1.55. The fourth-order valence-corrected chi connectivity index (χ4v) is 2.73. The van der Waals surface area contributed by atoms with Gasteiger partial charge in [-0.1, -0.05) is 23.7 Å². The standard InChI is InChI=1S/C15H12ClN3O3/c1-18-15(22)13-11(17-18)8-12(21)19(5-6-20)14(13)9-3-2-4-10(16)7-9/h2-4,6-8,17H,5H2,1H3. The highest BCUT2D eigenvalue weighted by Crippen LogP contribution is 2.26. The predicted molar refractivity (Wildman–Crippen MR) is 84.3 cm³/mol. The number of fused-ring (bicyclic) bond motifs is 1. The number of carbonyl (C=O) groups is 1. The highest BCUT2D eigenvalue weighted by atomic mass is 35.5. The van der Waals surface area contributed by atoms with Crippen molar-refractivity contribution in [2.45, 2.75) is 6.54 Å². The van der Waals surface area contributed by atoms with Gasteiger partial charge in [0, 0.05) is 23.7 Å². The van der Waals surface area contributed by atoms with Crippen molar-refractivity contribution in [3.63, 3.8) is 0 Å². The van der Waals surface area contributed by atoms with Gasteiger partial charge in [0.15, 0.2) is 0 Å². The summed E-state index contributed by atoms with van der Waals surface area (Å²) in [6.07, 6.45) is 0.623. The molecule has 1 aromatic carbocycles. The van der Waals surface area contributed by atoms with Gasteiger partial charge >= 0.3 is 0 Å². The highest BCUT2D eigenvalue weighted by molar-refractivity contribution is 6.30. The van der Waals surface area contributed by atoms with E-state index in [1.807, 2.05) is 0 Å². The summed E-state index contributed by atoms with van der Waals surface area (Å²) in [6, 6.07) is 8.14. The van der Waals surface area contributed by atoms with E-state index in [2.05, 4.69) is 5.10 Å². The molecule has 0 aliphatic carbocycles. The smallest absolute Gasteiger partial charge is 0.276 e. The zero-order valence-corrected chi connectivity index (χ0v) is 12.4. The summed E-state index contributed by atoms with van der Waals surface area (Å²) in [5.74, 6) is 0. The van der Waals surface area contributed by atoms with E-state index in [0.717, 1.165) is 0 Å². The Hall–Kier alpha value is -2.60. The van der Waals surface area contributed by atoms with E-state index in [0.29, 0.717) is 33.5 Å². The molecular weight excluding hydrogens is 306 g/mol. The van der Waals surface area contributed by atoms with Gasteiger partial charge in [0.25, 0.3) is 11.1 Å². The van der Waals surface area contributed by atoms with Gasteiger partial charge in [-0.2, -0.15) is 0 Å². The number of halogens is 1. The fourth-order valence-electron chi connectivity index (χ4n) is 2.54. The van der Waals surface area contributed by atoms with Gasteiger partial charge in [0.05, 0.1) is 23.1 Å². The number of carbonyl (C=O) groups excluding carboxylic acids is 1. The summed E-state index contributed by atoms with van der Waals surface area (Å²) in [4.78, 5) is 35.6. The summed E-state index contributed by atoms with van der Waals surface area (Å²) < 4.78 is 2.57. The molecule has 2 aromatic heterocycles. The van der Waals surface area contributed by atoms with Gasteiger partial charge in [0.1, 0.15) is 6.29 Å². The van der Waals surface area contributed by atoms with Crippen molar-refractivity contribution in [2.75, 3.05) is 0 Å². The number of pyridine rings is 1. The zero-order chi connectivity index (χ0) is 15.9. The average molecular weight is 318 g/mol. The Morgan fingerprint density at radius 1 is 1.27 bits per heavy atom. The molecule has 0 spiro atoms. The van der Waals surface area contributed by atoms with Crippen molar-refractivity contribution in [3.05, 3.63) is 56.1 Å². The number of nitrogens with zero attached hydrogens (tertiary/aromatic N) is 2. The number of aryl methyl sites for hydroxylation is 1. The Labute approximate surface area is 129 Å². The third kappa shape index (κ3) is 2.17. The van der Waals surface area contributed by atoms with E-state index in [9.17, 15) is 14.4 Å². The van der Waals surface area contributed by atoms with Gasteiger partial charge in [-0.3, -0.25) is 19.4 Å². The van der Waals surface area contributed by atoms with E-state index >= 15 is 0 Å². The summed E-state index contributed by atoms with van der Waals surface area (Å²) >= 11 is 6.01. The van der Waals surface area contributed by atoms with Gasteiger partial charge in [-0.15, -0.1) is 0 Å². The zero-order valence-electron chi connectivity index (χ0n) is 11.7. The van der Waals surface area contributed by atoms with Gasteiger partial charge in [-0.05, 0) is 12.1 Å². The van der Waals surface area contributed by atoms with Crippen LogP contribution in [0.1, 0.15) is 0 Å². The number of benzene rings is 1.